The second-order valence-corrected chi connectivity index (χ2v) is 5.26. The Hall–Kier alpha value is -0.160. The van der Waals surface area contributed by atoms with Gasteiger partial charge in [0.1, 0.15) is 0 Å². The van der Waals surface area contributed by atoms with Crippen molar-refractivity contribution in [2.45, 2.75) is 26.8 Å². The monoisotopic (exact) mass is 232 g/mol. The number of nitrogens with zero attached hydrogens (tertiary/aromatic N) is 1. The summed E-state index contributed by atoms with van der Waals surface area (Å²) in [5, 5.41) is 0. The Morgan fingerprint density at radius 3 is 1.81 bits per heavy atom. The Labute approximate surface area is 100 Å². The number of ether oxygens (including phenoxy) is 2. The first kappa shape index (κ1) is 15.8. The molecule has 0 saturated heterocycles. The van der Waals surface area contributed by atoms with Gasteiger partial charge in [-0.15, -0.1) is 0 Å². The summed E-state index contributed by atoms with van der Waals surface area (Å²) in [7, 11) is 3.44. The lowest BCUT2D eigenvalue weighted by molar-refractivity contribution is 0.0999. The van der Waals surface area contributed by atoms with Crippen LogP contribution in [0.4, 0.5) is 0 Å². The Bertz CT molecular complexity index is 161. The van der Waals surface area contributed by atoms with Crippen molar-refractivity contribution in [2.24, 2.45) is 11.1 Å². The van der Waals surface area contributed by atoms with E-state index >= 15 is 0 Å². The summed E-state index contributed by atoms with van der Waals surface area (Å²) < 4.78 is 10.2. The first-order valence-electron chi connectivity index (χ1n) is 5.87. The van der Waals surface area contributed by atoms with Crippen molar-refractivity contribution in [2.75, 3.05) is 47.1 Å². The lowest BCUT2D eigenvalue weighted by Crippen LogP contribution is -2.47. The second kappa shape index (κ2) is 8.01. The van der Waals surface area contributed by atoms with E-state index in [0.717, 1.165) is 32.8 Å². The summed E-state index contributed by atoms with van der Waals surface area (Å²) in [6.07, 6.45) is 0. The van der Waals surface area contributed by atoms with Crippen LogP contribution in [-0.4, -0.2) is 58.0 Å². The van der Waals surface area contributed by atoms with Gasteiger partial charge in [0.15, 0.2) is 0 Å². The minimum Gasteiger partial charge on any atom is -0.383 e. The predicted octanol–water partition coefficient (Wildman–Crippen LogP) is 0.955. The van der Waals surface area contributed by atoms with Crippen LogP contribution in [0.25, 0.3) is 0 Å². The lowest BCUT2D eigenvalue weighted by Gasteiger charge is -2.32. The molecule has 0 amide bonds. The Balaban J connectivity index is 4.07. The van der Waals surface area contributed by atoms with Crippen molar-refractivity contribution < 1.29 is 9.47 Å². The maximum Gasteiger partial charge on any atom is 0.0589 e. The van der Waals surface area contributed by atoms with Crippen molar-refractivity contribution in [3.63, 3.8) is 0 Å². The van der Waals surface area contributed by atoms with E-state index < -0.39 is 0 Å². The molecule has 0 rings (SSSR count). The Kier molecular flexibility index (Phi) is 7.93. The number of nitrogens with two attached hydrogens (primary N) is 1. The molecule has 0 aliphatic rings. The van der Waals surface area contributed by atoms with Crippen molar-refractivity contribution in [3.8, 4) is 0 Å². The largest absolute Gasteiger partial charge is 0.383 e. The predicted molar refractivity (Wildman–Crippen MR) is 67.6 cm³/mol. The minimum absolute atomic E-state index is 0.137. The molecule has 0 spiro atoms. The van der Waals surface area contributed by atoms with Gasteiger partial charge in [0.25, 0.3) is 0 Å². The van der Waals surface area contributed by atoms with E-state index in [-0.39, 0.29) is 11.5 Å². The summed E-state index contributed by atoms with van der Waals surface area (Å²) in [5.74, 6) is 0. The van der Waals surface area contributed by atoms with Crippen LogP contribution in [0.1, 0.15) is 20.8 Å². The van der Waals surface area contributed by atoms with Gasteiger partial charge in [0.2, 0.25) is 0 Å². The topological polar surface area (TPSA) is 47.7 Å². The molecular formula is C12H28N2O2. The molecule has 1 unspecified atom stereocenters. The standard InChI is InChI=1S/C12H28N2O2/c1-12(2,3)11(13)10-14(6-8-15-4)7-9-16-5/h11H,6-10,13H2,1-5H3. The molecule has 4 heteroatoms. The highest BCUT2D eigenvalue weighted by Gasteiger charge is 2.22. The third kappa shape index (κ3) is 7.17. The van der Waals surface area contributed by atoms with Gasteiger partial charge in [-0.3, -0.25) is 4.90 Å². The van der Waals surface area contributed by atoms with E-state index in [2.05, 4.69) is 25.7 Å². The molecule has 0 fully saturated rings. The van der Waals surface area contributed by atoms with Gasteiger partial charge in [-0.2, -0.15) is 0 Å². The Morgan fingerprint density at radius 1 is 1.06 bits per heavy atom. The molecular weight excluding hydrogens is 204 g/mol. The van der Waals surface area contributed by atoms with Gasteiger partial charge in [-0.1, -0.05) is 20.8 Å². The van der Waals surface area contributed by atoms with Crippen molar-refractivity contribution in [3.05, 3.63) is 0 Å². The van der Waals surface area contributed by atoms with E-state index in [9.17, 15) is 0 Å². The molecule has 0 saturated carbocycles. The lowest BCUT2D eigenvalue weighted by atomic mass is 9.87. The first-order valence-corrected chi connectivity index (χ1v) is 5.87. The molecule has 16 heavy (non-hydrogen) atoms. The second-order valence-electron chi connectivity index (χ2n) is 5.26. The number of hydrogen-bond acceptors (Lipinski definition) is 4. The molecule has 0 aromatic heterocycles. The summed E-state index contributed by atoms with van der Waals surface area (Å²) >= 11 is 0. The Morgan fingerprint density at radius 2 is 1.50 bits per heavy atom. The van der Waals surface area contributed by atoms with Gasteiger partial charge in [-0.05, 0) is 5.41 Å². The molecule has 0 aliphatic heterocycles. The van der Waals surface area contributed by atoms with Crippen LogP contribution in [0.15, 0.2) is 0 Å². The first-order chi connectivity index (χ1) is 7.41. The van der Waals surface area contributed by atoms with E-state index in [0.29, 0.717) is 0 Å². The maximum absolute atomic E-state index is 6.17. The smallest absolute Gasteiger partial charge is 0.0589 e. The molecule has 0 aromatic rings. The van der Waals surface area contributed by atoms with Crippen molar-refractivity contribution >= 4 is 0 Å². The summed E-state index contributed by atoms with van der Waals surface area (Å²) in [5.41, 5.74) is 6.31. The normalized spacial score (nSPS) is 14.4. The fraction of sp³-hybridized carbons (Fsp3) is 1.00. The van der Waals surface area contributed by atoms with Crippen LogP contribution in [0.5, 0.6) is 0 Å². The fourth-order valence-electron chi connectivity index (χ4n) is 1.29. The van der Waals surface area contributed by atoms with Gasteiger partial charge in [-0.25, -0.2) is 0 Å². The average Bonchev–Trinajstić information content (AvgIpc) is 2.20. The SMILES string of the molecule is COCCN(CCOC)CC(N)C(C)(C)C. The third-order valence-electron chi connectivity index (χ3n) is 2.79. The summed E-state index contributed by atoms with van der Waals surface area (Å²) in [6.45, 7) is 10.7. The van der Waals surface area contributed by atoms with Gasteiger partial charge < -0.3 is 15.2 Å². The van der Waals surface area contributed by atoms with Gasteiger partial charge in [0, 0.05) is 39.9 Å². The van der Waals surface area contributed by atoms with E-state index in [1.807, 2.05) is 0 Å². The van der Waals surface area contributed by atoms with E-state index in [1.165, 1.54) is 0 Å². The molecule has 0 radical (unpaired) electrons. The van der Waals surface area contributed by atoms with Crippen LogP contribution in [0.3, 0.4) is 0 Å². The number of rotatable bonds is 8. The van der Waals surface area contributed by atoms with E-state index in [4.69, 9.17) is 15.2 Å². The zero-order valence-corrected chi connectivity index (χ0v) is 11.5. The fourth-order valence-corrected chi connectivity index (χ4v) is 1.29. The number of hydrogen-bond donors (Lipinski definition) is 1. The average molecular weight is 232 g/mol. The van der Waals surface area contributed by atoms with Crippen LogP contribution < -0.4 is 5.73 Å². The molecule has 98 valence electrons. The highest BCUT2D eigenvalue weighted by molar-refractivity contribution is 4.80. The molecule has 1 atom stereocenters. The minimum atomic E-state index is 0.137. The molecule has 0 aromatic carbocycles. The zero-order chi connectivity index (χ0) is 12.6. The van der Waals surface area contributed by atoms with Crippen LogP contribution >= 0.6 is 0 Å². The molecule has 2 N–H and O–H groups in total. The van der Waals surface area contributed by atoms with Crippen molar-refractivity contribution in [1.29, 1.82) is 0 Å². The van der Waals surface area contributed by atoms with Gasteiger partial charge >= 0.3 is 0 Å². The van der Waals surface area contributed by atoms with Crippen LogP contribution in [0.2, 0.25) is 0 Å². The van der Waals surface area contributed by atoms with Crippen LogP contribution in [0, 0.1) is 5.41 Å². The summed E-state index contributed by atoms with van der Waals surface area (Å²) in [6, 6.07) is 0.168. The van der Waals surface area contributed by atoms with Crippen molar-refractivity contribution in [1.82, 2.24) is 4.90 Å². The highest BCUT2D eigenvalue weighted by Crippen LogP contribution is 2.17. The zero-order valence-electron chi connectivity index (χ0n) is 11.5. The van der Waals surface area contributed by atoms with E-state index in [1.54, 1.807) is 14.2 Å². The third-order valence-corrected chi connectivity index (χ3v) is 2.79. The number of methoxy groups -OCH3 is 2. The molecule has 4 nitrogen and oxygen atoms in total. The summed E-state index contributed by atoms with van der Waals surface area (Å²) in [4.78, 5) is 2.29. The van der Waals surface area contributed by atoms with Gasteiger partial charge in [0.05, 0.1) is 13.2 Å². The van der Waals surface area contributed by atoms with Crippen LogP contribution in [-0.2, 0) is 9.47 Å². The molecule has 0 heterocycles. The quantitative estimate of drug-likeness (QED) is 0.677. The molecule has 0 bridgehead atoms. The maximum atomic E-state index is 6.17. The highest BCUT2D eigenvalue weighted by atomic mass is 16.5. The molecule has 0 aliphatic carbocycles.